The quantitative estimate of drug-likeness (QED) is 0.834. The molecule has 2 fully saturated rings. The zero-order valence-corrected chi connectivity index (χ0v) is 12.9. The van der Waals surface area contributed by atoms with Crippen molar-refractivity contribution < 1.29 is 8.78 Å². The summed E-state index contributed by atoms with van der Waals surface area (Å²) in [4.78, 5) is 2.15. The third-order valence-electron chi connectivity index (χ3n) is 4.75. The molecule has 2 nitrogen and oxygen atoms in total. The van der Waals surface area contributed by atoms with Crippen LogP contribution in [0.4, 0.5) is 8.78 Å². The molecule has 1 aromatic rings. The van der Waals surface area contributed by atoms with Crippen LogP contribution in [0.1, 0.15) is 24.8 Å². The van der Waals surface area contributed by atoms with Crippen LogP contribution in [0.25, 0.3) is 0 Å². The maximum absolute atomic E-state index is 14.0. The third kappa shape index (κ3) is 2.63. The smallest absolute Gasteiger partial charge is 0.144 e. The molecule has 0 bridgehead atoms. The molecular weight excluding hydrogens is 326 g/mol. The number of fused-ring (bicyclic) bond motifs is 1. The molecule has 0 radical (unpaired) electrons. The van der Waals surface area contributed by atoms with Gasteiger partial charge in [-0.3, -0.25) is 4.90 Å². The third-order valence-corrected chi connectivity index (χ3v) is 5.36. The first-order chi connectivity index (χ1) is 9.56. The lowest BCUT2D eigenvalue weighted by Gasteiger charge is -2.29. The van der Waals surface area contributed by atoms with E-state index in [1.54, 1.807) is 0 Å². The van der Waals surface area contributed by atoms with E-state index >= 15 is 0 Å². The second kappa shape index (κ2) is 5.70. The number of likely N-dealkylation sites (tertiary alicyclic amines) is 1. The van der Waals surface area contributed by atoms with E-state index < -0.39 is 11.6 Å². The zero-order chi connectivity index (χ0) is 14.3. The molecule has 1 aliphatic heterocycles. The first kappa shape index (κ1) is 14.4. The average Bonchev–Trinajstić information content (AvgIpc) is 2.83. The highest BCUT2D eigenvalue weighted by atomic mass is 79.9. The molecule has 5 heteroatoms. The molecule has 0 spiro atoms. The molecule has 20 heavy (non-hydrogen) atoms. The van der Waals surface area contributed by atoms with Crippen LogP contribution in [-0.4, -0.2) is 24.0 Å². The van der Waals surface area contributed by atoms with E-state index in [1.165, 1.54) is 25.0 Å². The minimum Gasteiger partial charge on any atom is -0.327 e. The van der Waals surface area contributed by atoms with E-state index in [-0.39, 0.29) is 11.6 Å². The summed E-state index contributed by atoms with van der Waals surface area (Å²) in [5.41, 5.74) is 6.34. The van der Waals surface area contributed by atoms with Gasteiger partial charge in [0.2, 0.25) is 0 Å². The van der Waals surface area contributed by atoms with E-state index in [0.29, 0.717) is 22.9 Å². The lowest BCUT2D eigenvalue weighted by atomic mass is 9.78. The number of nitrogens with zero attached hydrogens (tertiary/aromatic N) is 1. The van der Waals surface area contributed by atoms with Crippen molar-refractivity contribution in [3.63, 3.8) is 0 Å². The highest BCUT2D eigenvalue weighted by molar-refractivity contribution is 9.10. The molecule has 1 aliphatic carbocycles. The minimum atomic E-state index is -0.482. The lowest BCUT2D eigenvalue weighted by molar-refractivity contribution is 0.259. The van der Waals surface area contributed by atoms with E-state index in [4.69, 9.17) is 5.73 Å². The summed E-state index contributed by atoms with van der Waals surface area (Å²) < 4.78 is 28.2. The van der Waals surface area contributed by atoms with Gasteiger partial charge in [0.15, 0.2) is 0 Å². The van der Waals surface area contributed by atoms with Gasteiger partial charge in [0, 0.05) is 31.2 Å². The van der Waals surface area contributed by atoms with Crippen LogP contribution >= 0.6 is 15.9 Å². The Labute approximate surface area is 126 Å². The number of hydrogen-bond donors (Lipinski definition) is 1. The molecule has 3 unspecified atom stereocenters. The van der Waals surface area contributed by atoms with Gasteiger partial charge in [-0.05, 0) is 52.7 Å². The van der Waals surface area contributed by atoms with E-state index in [9.17, 15) is 8.78 Å². The van der Waals surface area contributed by atoms with Crippen molar-refractivity contribution in [3.8, 4) is 0 Å². The molecule has 1 saturated carbocycles. The molecule has 110 valence electrons. The second-order valence-electron chi connectivity index (χ2n) is 6.03. The minimum absolute atomic E-state index is 0.159. The summed E-state index contributed by atoms with van der Waals surface area (Å²) in [6.45, 7) is 2.10. The van der Waals surface area contributed by atoms with Crippen LogP contribution in [0.2, 0.25) is 0 Å². The number of halogens is 3. The first-order valence-electron chi connectivity index (χ1n) is 7.16. The van der Waals surface area contributed by atoms with E-state index in [2.05, 4.69) is 20.8 Å². The van der Waals surface area contributed by atoms with Gasteiger partial charge in [0.05, 0.1) is 4.47 Å². The predicted molar refractivity (Wildman–Crippen MR) is 78.1 cm³/mol. The molecule has 0 aromatic heterocycles. The summed E-state index contributed by atoms with van der Waals surface area (Å²) in [5.74, 6) is 0.132. The second-order valence-corrected chi connectivity index (χ2v) is 6.89. The summed E-state index contributed by atoms with van der Waals surface area (Å²) in [6.07, 6.45) is 3.45. The van der Waals surface area contributed by atoms with Crippen LogP contribution in [0.3, 0.4) is 0 Å². The fraction of sp³-hybridized carbons (Fsp3) is 0.600. The van der Waals surface area contributed by atoms with E-state index in [1.807, 2.05) is 0 Å². The highest BCUT2D eigenvalue weighted by Crippen LogP contribution is 2.36. The fourth-order valence-electron chi connectivity index (χ4n) is 3.68. The number of nitrogens with two attached hydrogens (primary N) is 1. The summed E-state index contributed by atoms with van der Waals surface area (Å²) in [5, 5.41) is 0. The summed E-state index contributed by atoms with van der Waals surface area (Å²) in [6, 6.07) is 2.97. The molecule has 3 atom stereocenters. The molecular formula is C15H19BrF2N2. The van der Waals surface area contributed by atoms with Gasteiger partial charge in [0.25, 0.3) is 0 Å². The van der Waals surface area contributed by atoms with Crippen LogP contribution < -0.4 is 5.73 Å². The number of benzene rings is 1. The molecule has 1 aromatic carbocycles. The predicted octanol–water partition coefficient (Wildman–Crippen LogP) is 3.29. The van der Waals surface area contributed by atoms with Crippen molar-refractivity contribution in [1.82, 2.24) is 4.90 Å². The Kier molecular flexibility index (Phi) is 4.11. The van der Waals surface area contributed by atoms with Gasteiger partial charge in [-0.1, -0.05) is 6.42 Å². The maximum atomic E-state index is 14.0. The Bertz CT molecular complexity index is 509. The van der Waals surface area contributed by atoms with Crippen molar-refractivity contribution in [2.45, 2.75) is 31.8 Å². The highest BCUT2D eigenvalue weighted by Gasteiger charge is 2.38. The Hall–Kier alpha value is -0.520. The van der Waals surface area contributed by atoms with E-state index in [0.717, 1.165) is 19.5 Å². The molecule has 2 N–H and O–H groups in total. The van der Waals surface area contributed by atoms with Gasteiger partial charge in [-0.25, -0.2) is 8.78 Å². The van der Waals surface area contributed by atoms with Gasteiger partial charge < -0.3 is 5.73 Å². The summed E-state index contributed by atoms with van der Waals surface area (Å²) >= 11 is 3.12. The van der Waals surface area contributed by atoms with Crippen LogP contribution in [0.15, 0.2) is 16.6 Å². The maximum Gasteiger partial charge on any atom is 0.144 e. The van der Waals surface area contributed by atoms with Crippen molar-refractivity contribution in [2.75, 3.05) is 13.1 Å². The molecule has 2 aliphatic rings. The molecule has 1 heterocycles. The van der Waals surface area contributed by atoms with Crippen molar-refractivity contribution in [2.24, 2.45) is 17.6 Å². The number of hydrogen-bond acceptors (Lipinski definition) is 2. The Morgan fingerprint density at radius 2 is 2.05 bits per heavy atom. The molecule has 0 amide bonds. The Morgan fingerprint density at radius 1 is 1.25 bits per heavy atom. The topological polar surface area (TPSA) is 29.3 Å². The van der Waals surface area contributed by atoms with Gasteiger partial charge in [-0.15, -0.1) is 0 Å². The SMILES string of the molecule is NC1CCCC2CN(Cc3c(F)ccc(Br)c3F)CC12. The van der Waals surface area contributed by atoms with Crippen LogP contribution in [0, 0.1) is 23.5 Å². The largest absolute Gasteiger partial charge is 0.327 e. The number of rotatable bonds is 2. The van der Waals surface area contributed by atoms with Crippen molar-refractivity contribution in [3.05, 3.63) is 33.8 Å². The first-order valence-corrected chi connectivity index (χ1v) is 7.96. The Morgan fingerprint density at radius 3 is 2.80 bits per heavy atom. The van der Waals surface area contributed by atoms with Gasteiger partial charge in [-0.2, -0.15) is 0 Å². The molecule has 3 rings (SSSR count). The van der Waals surface area contributed by atoms with Gasteiger partial charge in [0.1, 0.15) is 11.6 Å². The van der Waals surface area contributed by atoms with Crippen LogP contribution in [-0.2, 0) is 6.54 Å². The Balaban J connectivity index is 1.75. The van der Waals surface area contributed by atoms with Gasteiger partial charge >= 0.3 is 0 Å². The monoisotopic (exact) mass is 344 g/mol. The van der Waals surface area contributed by atoms with Crippen molar-refractivity contribution >= 4 is 15.9 Å². The van der Waals surface area contributed by atoms with Crippen LogP contribution in [0.5, 0.6) is 0 Å². The lowest BCUT2D eigenvalue weighted by Crippen LogP contribution is -2.38. The average molecular weight is 345 g/mol. The standard InChI is InChI=1S/C15H19BrF2N2/c16-12-4-5-13(17)11(15(12)18)8-20-6-9-2-1-3-14(19)10(9)7-20/h4-5,9-10,14H,1-3,6-8,19H2. The molecule has 1 saturated heterocycles. The normalized spacial score (nSPS) is 30.5. The van der Waals surface area contributed by atoms with Crippen molar-refractivity contribution in [1.29, 1.82) is 0 Å². The fourth-order valence-corrected chi connectivity index (χ4v) is 4.05. The zero-order valence-electron chi connectivity index (χ0n) is 11.3. The summed E-state index contributed by atoms with van der Waals surface area (Å²) in [7, 11) is 0.